The number of amides is 1. The summed E-state index contributed by atoms with van der Waals surface area (Å²) in [5.41, 5.74) is -0.452. The summed E-state index contributed by atoms with van der Waals surface area (Å²) in [4.78, 5) is 14.9. The Balaban J connectivity index is 2.38. The molecule has 0 bridgehead atoms. The van der Waals surface area contributed by atoms with Crippen LogP contribution in [0.5, 0.6) is 0 Å². The lowest BCUT2D eigenvalue weighted by Gasteiger charge is -2.27. The Hall–Kier alpha value is -0.590. The Bertz CT molecular complexity index is 485. The molecule has 1 aromatic rings. The van der Waals surface area contributed by atoms with E-state index < -0.39 is 5.60 Å². The highest BCUT2D eigenvalue weighted by molar-refractivity contribution is 9.10. The van der Waals surface area contributed by atoms with Gasteiger partial charge in [-0.3, -0.25) is 0 Å². The first-order chi connectivity index (χ1) is 10.1. The van der Waals surface area contributed by atoms with Crippen molar-refractivity contribution in [3.8, 4) is 0 Å². The lowest BCUT2D eigenvalue weighted by atomic mass is 10.1. The molecule has 0 saturated carbocycles. The van der Waals surface area contributed by atoms with Crippen LogP contribution in [-0.2, 0) is 4.74 Å². The van der Waals surface area contributed by atoms with Crippen molar-refractivity contribution in [2.24, 2.45) is 5.92 Å². The first-order valence-electron chi connectivity index (χ1n) is 7.50. The van der Waals surface area contributed by atoms with Gasteiger partial charge in [-0.1, -0.05) is 6.92 Å². The molecule has 1 rings (SSSR count). The normalized spacial score (nSPS) is 14.5. The van der Waals surface area contributed by atoms with Gasteiger partial charge in [0.1, 0.15) is 5.60 Å². The predicted octanol–water partition coefficient (Wildman–Crippen LogP) is 4.66. The summed E-state index contributed by atoms with van der Waals surface area (Å²) in [5.74, 6) is 0.346. The van der Waals surface area contributed by atoms with Crippen LogP contribution in [0, 0.1) is 5.92 Å². The Morgan fingerprint density at radius 1 is 1.45 bits per heavy atom. The summed E-state index contributed by atoms with van der Waals surface area (Å²) >= 11 is 5.30. The second-order valence-corrected chi connectivity index (χ2v) is 8.53. The molecule has 1 aromatic heterocycles. The zero-order valence-electron chi connectivity index (χ0n) is 14.3. The summed E-state index contributed by atoms with van der Waals surface area (Å²) in [6.45, 7) is 11.4. The molecule has 2 unspecified atom stereocenters. The molecule has 2 atom stereocenters. The standard InChI is InChI=1S/C16H27BrN2O2S/c1-11(10-19(6)15(20)21-16(3,4)5)9-18-12(2)14-13(17)7-8-22-14/h7-8,11-12,18H,9-10H2,1-6H3. The van der Waals surface area contributed by atoms with Gasteiger partial charge in [0.2, 0.25) is 0 Å². The van der Waals surface area contributed by atoms with Crippen LogP contribution in [0.2, 0.25) is 0 Å². The fourth-order valence-electron chi connectivity index (χ4n) is 2.03. The maximum Gasteiger partial charge on any atom is 0.410 e. The average Bonchev–Trinajstić information content (AvgIpc) is 2.80. The predicted molar refractivity (Wildman–Crippen MR) is 96.5 cm³/mol. The van der Waals surface area contributed by atoms with Crippen LogP contribution in [-0.4, -0.2) is 36.7 Å². The highest BCUT2D eigenvalue weighted by Crippen LogP contribution is 2.28. The lowest BCUT2D eigenvalue weighted by molar-refractivity contribution is 0.0276. The summed E-state index contributed by atoms with van der Waals surface area (Å²) in [5, 5.41) is 5.60. The average molecular weight is 391 g/mol. The Morgan fingerprint density at radius 3 is 2.59 bits per heavy atom. The van der Waals surface area contributed by atoms with Gasteiger partial charge >= 0.3 is 6.09 Å². The molecule has 0 aliphatic carbocycles. The molecule has 126 valence electrons. The molecule has 6 heteroatoms. The van der Waals surface area contributed by atoms with Gasteiger partial charge in [0.25, 0.3) is 0 Å². The van der Waals surface area contributed by atoms with Crippen molar-refractivity contribution in [2.45, 2.75) is 46.3 Å². The third-order valence-electron chi connectivity index (χ3n) is 3.10. The third kappa shape index (κ3) is 6.67. The van der Waals surface area contributed by atoms with Crippen LogP contribution >= 0.6 is 27.3 Å². The molecule has 22 heavy (non-hydrogen) atoms. The molecule has 0 spiro atoms. The van der Waals surface area contributed by atoms with Crippen LogP contribution in [0.15, 0.2) is 15.9 Å². The van der Waals surface area contributed by atoms with Crippen molar-refractivity contribution in [3.05, 3.63) is 20.8 Å². The number of nitrogens with one attached hydrogen (secondary N) is 1. The fourth-order valence-corrected chi connectivity index (χ4v) is 3.78. The zero-order valence-corrected chi connectivity index (χ0v) is 16.7. The van der Waals surface area contributed by atoms with Crippen molar-refractivity contribution in [2.75, 3.05) is 20.1 Å². The van der Waals surface area contributed by atoms with Crippen molar-refractivity contribution in [1.29, 1.82) is 0 Å². The molecule has 1 heterocycles. The van der Waals surface area contributed by atoms with E-state index in [2.05, 4.69) is 46.5 Å². The minimum absolute atomic E-state index is 0.270. The van der Waals surface area contributed by atoms with E-state index >= 15 is 0 Å². The maximum atomic E-state index is 11.9. The van der Waals surface area contributed by atoms with Gasteiger partial charge < -0.3 is 15.0 Å². The Labute approximate surface area is 146 Å². The van der Waals surface area contributed by atoms with Gasteiger partial charge in [0, 0.05) is 29.0 Å². The van der Waals surface area contributed by atoms with Gasteiger partial charge in [-0.2, -0.15) is 0 Å². The molecular formula is C16H27BrN2O2S. The minimum atomic E-state index is -0.452. The lowest BCUT2D eigenvalue weighted by Crippen LogP contribution is -2.38. The van der Waals surface area contributed by atoms with E-state index in [1.54, 1.807) is 23.3 Å². The highest BCUT2D eigenvalue weighted by atomic mass is 79.9. The van der Waals surface area contributed by atoms with Crippen molar-refractivity contribution < 1.29 is 9.53 Å². The molecule has 0 radical (unpaired) electrons. The molecule has 0 fully saturated rings. The van der Waals surface area contributed by atoms with Crippen LogP contribution < -0.4 is 5.32 Å². The van der Waals surface area contributed by atoms with Gasteiger partial charge in [0.15, 0.2) is 0 Å². The number of rotatable bonds is 6. The van der Waals surface area contributed by atoms with Crippen LogP contribution in [0.1, 0.15) is 45.5 Å². The summed E-state index contributed by atoms with van der Waals surface area (Å²) < 4.78 is 6.51. The van der Waals surface area contributed by atoms with E-state index in [1.165, 1.54) is 4.88 Å². The monoisotopic (exact) mass is 390 g/mol. The topological polar surface area (TPSA) is 41.6 Å². The second-order valence-electron chi connectivity index (χ2n) is 6.73. The number of carbonyl (C=O) groups is 1. The first-order valence-corrected chi connectivity index (χ1v) is 9.17. The zero-order chi connectivity index (χ0) is 16.9. The molecule has 0 aliphatic rings. The number of ether oxygens (including phenoxy) is 1. The third-order valence-corrected chi connectivity index (χ3v) is 5.15. The Morgan fingerprint density at radius 2 is 2.09 bits per heavy atom. The number of hydrogen-bond donors (Lipinski definition) is 1. The number of nitrogens with zero attached hydrogens (tertiary/aromatic N) is 1. The number of hydrogen-bond acceptors (Lipinski definition) is 4. The van der Waals surface area contributed by atoms with Crippen molar-refractivity contribution in [1.82, 2.24) is 10.2 Å². The van der Waals surface area contributed by atoms with E-state index in [-0.39, 0.29) is 6.09 Å². The molecular weight excluding hydrogens is 364 g/mol. The Kier molecular flexibility index (Phi) is 7.35. The van der Waals surface area contributed by atoms with Crippen LogP contribution in [0.25, 0.3) is 0 Å². The van der Waals surface area contributed by atoms with Crippen LogP contribution in [0.4, 0.5) is 4.79 Å². The summed E-state index contributed by atoms with van der Waals surface area (Å²) in [6, 6.07) is 2.36. The smallest absolute Gasteiger partial charge is 0.410 e. The van der Waals surface area contributed by atoms with E-state index in [9.17, 15) is 4.79 Å². The van der Waals surface area contributed by atoms with E-state index in [0.29, 0.717) is 18.5 Å². The van der Waals surface area contributed by atoms with E-state index in [0.717, 1.165) is 11.0 Å². The van der Waals surface area contributed by atoms with Gasteiger partial charge in [-0.25, -0.2) is 4.79 Å². The van der Waals surface area contributed by atoms with E-state index in [1.807, 2.05) is 20.8 Å². The van der Waals surface area contributed by atoms with Gasteiger partial charge in [0.05, 0.1) is 0 Å². The maximum absolute atomic E-state index is 11.9. The molecule has 0 aromatic carbocycles. The first kappa shape index (κ1) is 19.5. The quantitative estimate of drug-likeness (QED) is 0.767. The van der Waals surface area contributed by atoms with Gasteiger partial charge in [-0.15, -0.1) is 11.3 Å². The van der Waals surface area contributed by atoms with Crippen molar-refractivity contribution >= 4 is 33.4 Å². The fraction of sp³-hybridized carbons (Fsp3) is 0.688. The van der Waals surface area contributed by atoms with Gasteiger partial charge in [-0.05, 0) is 67.5 Å². The molecule has 4 nitrogen and oxygen atoms in total. The SMILES string of the molecule is CC(CNC(C)c1sccc1Br)CN(C)C(=O)OC(C)(C)C. The molecule has 1 N–H and O–H groups in total. The number of halogens is 1. The number of thiophene rings is 1. The molecule has 0 aliphatic heterocycles. The highest BCUT2D eigenvalue weighted by Gasteiger charge is 2.21. The summed E-state index contributed by atoms with van der Waals surface area (Å²) in [7, 11) is 1.78. The molecule has 0 saturated heterocycles. The minimum Gasteiger partial charge on any atom is -0.444 e. The number of carbonyl (C=O) groups excluding carboxylic acids is 1. The second kappa shape index (κ2) is 8.31. The largest absolute Gasteiger partial charge is 0.444 e. The summed E-state index contributed by atoms with van der Waals surface area (Å²) in [6.07, 6.45) is -0.270. The molecule has 1 amide bonds. The van der Waals surface area contributed by atoms with Crippen LogP contribution in [0.3, 0.4) is 0 Å². The van der Waals surface area contributed by atoms with E-state index in [4.69, 9.17) is 4.74 Å². The van der Waals surface area contributed by atoms with Crippen molar-refractivity contribution in [3.63, 3.8) is 0 Å².